The number of carbonyl (C=O) groups is 1. The van der Waals surface area contributed by atoms with Gasteiger partial charge in [-0.1, -0.05) is 29.8 Å². The highest BCUT2D eigenvalue weighted by atomic mass is 35.5. The Kier molecular flexibility index (Phi) is 7.74. The maximum atomic E-state index is 11.9. The molecule has 0 aliphatic heterocycles. The van der Waals surface area contributed by atoms with Crippen LogP contribution in [0.5, 0.6) is 0 Å². The Balaban J connectivity index is 1.65. The van der Waals surface area contributed by atoms with Crippen LogP contribution in [0.1, 0.15) is 12.0 Å². The summed E-state index contributed by atoms with van der Waals surface area (Å²) >= 11 is 7.53. The Morgan fingerprint density at radius 2 is 2.00 bits per heavy atom. The van der Waals surface area contributed by atoms with E-state index in [1.54, 1.807) is 6.07 Å². The highest BCUT2D eigenvalue weighted by molar-refractivity contribution is 8.00. The van der Waals surface area contributed by atoms with Crippen LogP contribution < -0.4 is 10.6 Å². The van der Waals surface area contributed by atoms with Crippen molar-refractivity contribution in [1.29, 1.82) is 0 Å². The summed E-state index contributed by atoms with van der Waals surface area (Å²) < 4.78 is 0. The van der Waals surface area contributed by atoms with Crippen molar-refractivity contribution in [1.82, 2.24) is 5.32 Å². The predicted molar refractivity (Wildman–Crippen MR) is 106 cm³/mol. The number of hydrogen-bond donors (Lipinski definition) is 2. The number of nitro benzene ring substituents is 1. The summed E-state index contributed by atoms with van der Waals surface area (Å²) in [5.74, 6) is 0.374. The Bertz CT molecular complexity index is 786. The largest absolute Gasteiger partial charge is 0.384 e. The molecule has 0 aliphatic carbocycles. The summed E-state index contributed by atoms with van der Waals surface area (Å²) in [6.45, 7) is 3.17. The van der Waals surface area contributed by atoms with Crippen LogP contribution in [0.25, 0.3) is 0 Å². The molecule has 1 amide bonds. The topological polar surface area (TPSA) is 84.3 Å². The van der Waals surface area contributed by atoms with Gasteiger partial charge in [-0.05, 0) is 31.0 Å². The zero-order chi connectivity index (χ0) is 18.9. The number of nitrogens with zero attached hydrogens (tertiary/aromatic N) is 1. The van der Waals surface area contributed by atoms with Gasteiger partial charge in [-0.15, -0.1) is 11.8 Å². The van der Waals surface area contributed by atoms with Gasteiger partial charge < -0.3 is 10.6 Å². The minimum Gasteiger partial charge on any atom is -0.384 e. The van der Waals surface area contributed by atoms with Crippen LogP contribution in [-0.2, 0) is 4.79 Å². The molecule has 0 fully saturated rings. The first kappa shape index (κ1) is 20.1. The molecular weight excluding hydrogens is 374 g/mol. The van der Waals surface area contributed by atoms with Gasteiger partial charge in [-0.25, -0.2) is 0 Å². The molecule has 0 aliphatic rings. The van der Waals surface area contributed by atoms with Gasteiger partial charge in [0, 0.05) is 30.1 Å². The lowest BCUT2D eigenvalue weighted by atomic mass is 10.2. The number of benzene rings is 2. The van der Waals surface area contributed by atoms with E-state index in [-0.39, 0.29) is 11.6 Å². The summed E-state index contributed by atoms with van der Waals surface area (Å²) in [6, 6.07) is 12.3. The number of amides is 1. The maximum Gasteiger partial charge on any atom is 0.271 e. The molecule has 2 rings (SSSR count). The first-order chi connectivity index (χ1) is 12.5. The molecule has 0 saturated heterocycles. The molecule has 0 unspecified atom stereocenters. The lowest BCUT2D eigenvalue weighted by Crippen LogP contribution is -2.27. The molecular formula is C18H20ClN3O3S. The second kappa shape index (κ2) is 10.0. The molecule has 2 aromatic rings. The second-order valence-corrected chi connectivity index (χ2v) is 7.03. The van der Waals surface area contributed by atoms with Gasteiger partial charge in [0.25, 0.3) is 5.69 Å². The molecule has 2 aromatic carbocycles. The monoisotopic (exact) mass is 393 g/mol. The van der Waals surface area contributed by atoms with Crippen LogP contribution in [0.2, 0.25) is 5.02 Å². The molecule has 6 nitrogen and oxygen atoms in total. The fourth-order valence-corrected chi connectivity index (χ4v) is 3.31. The van der Waals surface area contributed by atoms with Gasteiger partial charge in [0.05, 0.1) is 21.4 Å². The van der Waals surface area contributed by atoms with Crippen molar-refractivity contribution in [2.45, 2.75) is 18.2 Å². The average Bonchev–Trinajstić information content (AvgIpc) is 2.61. The minimum absolute atomic E-state index is 0.00776. The van der Waals surface area contributed by atoms with Crippen molar-refractivity contribution in [2.75, 3.05) is 24.2 Å². The number of carbonyl (C=O) groups excluding carboxylic acids is 1. The van der Waals surface area contributed by atoms with Gasteiger partial charge in [0.1, 0.15) is 0 Å². The number of thioether (sulfide) groups is 1. The third kappa shape index (κ3) is 6.24. The number of non-ortho nitro benzene ring substituents is 1. The van der Waals surface area contributed by atoms with Crippen molar-refractivity contribution < 1.29 is 9.72 Å². The van der Waals surface area contributed by atoms with Gasteiger partial charge in [0.15, 0.2) is 0 Å². The summed E-state index contributed by atoms with van der Waals surface area (Å²) in [4.78, 5) is 23.2. The quantitative estimate of drug-likeness (QED) is 0.287. The number of hydrogen-bond acceptors (Lipinski definition) is 5. The number of aryl methyl sites for hydroxylation is 1. The van der Waals surface area contributed by atoms with Gasteiger partial charge in [-0.2, -0.15) is 0 Å². The van der Waals surface area contributed by atoms with E-state index < -0.39 is 4.92 Å². The number of anilines is 1. The van der Waals surface area contributed by atoms with Crippen LogP contribution in [0.3, 0.4) is 0 Å². The summed E-state index contributed by atoms with van der Waals surface area (Å²) in [5, 5.41) is 17.0. The summed E-state index contributed by atoms with van der Waals surface area (Å²) in [6.07, 6.45) is 0.716. The molecule has 0 saturated carbocycles. The Labute approximate surface area is 161 Å². The Morgan fingerprint density at radius 1 is 1.23 bits per heavy atom. The van der Waals surface area contributed by atoms with Crippen LogP contribution in [0.15, 0.2) is 47.4 Å². The van der Waals surface area contributed by atoms with Crippen molar-refractivity contribution in [3.05, 3.63) is 63.2 Å². The summed E-state index contributed by atoms with van der Waals surface area (Å²) in [5.41, 5.74) is 1.76. The van der Waals surface area contributed by atoms with Crippen molar-refractivity contribution in [2.24, 2.45) is 0 Å². The van der Waals surface area contributed by atoms with Crippen LogP contribution >= 0.6 is 23.4 Å². The average molecular weight is 394 g/mol. The lowest BCUT2D eigenvalue weighted by Gasteiger charge is -2.09. The van der Waals surface area contributed by atoms with E-state index in [9.17, 15) is 14.9 Å². The Morgan fingerprint density at radius 3 is 2.69 bits per heavy atom. The van der Waals surface area contributed by atoms with E-state index in [1.807, 2.05) is 31.2 Å². The van der Waals surface area contributed by atoms with Crippen LogP contribution in [0, 0.1) is 17.0 Å². The molecule has 0 bridgehead atoms. The highest BCUT2D eigenvalue weighted by Crippen LogP contribution is 2.26. The van der Waals surface area contributed by atoms with Gasteiger partial charge in [0.2, 0.25) is 5.91 Å². The molecule has 0 heterocycles. The zero-order valence-corrected chi connectivity index (χ0v) is 15.9. The fourth-order valence-electron chi connectivity index (χ4n) is 2.21. The normalized spacial score (nSPS) is 10.4. The van der Waals surface area contributed by atoms with E-state index in [1.165, 1.54) is 23.9 Å². The molecule has 0 atom stereocenters. The van der Waals surface area contributed by atoms with E-state index >= 15 is 0 Å². The summed E-state index contributed by atoms with van der Waals surface area (Å²) in [7, 11) is 0. The van der Waals surface area contributed by atoms with E-state index in [0.717, 1.165) is 10.5 Å². The zero-order valence-electron chi connectivity index (χ0n) is 14.3. The number of nitrogens with one attached hydrogen (secondary N) is 2. The minimum atomic E-state index is -0.486. The maximum absolute atomic E-state index is 11.9. The first-order valence-corrected chi connectivity index (χ1v) is 9.46. The fraction of sp³-hybridized carbons (Fsp3) is 0.278. The standard InChI is InChI=1S/C18H20ClN3O3S/c1-13-5-2-3-6-17(13)26-12-18(23)21-10-4-9-20-16-8-7-14(22(24)25)11-15(16)19/h2-3,5-8,11,20H,4,9-10,12H2,1H3,(H,21,23). The smallest absolute Gasteiger partial charge is 0.271 e. The highest BCUT2D eigenvalue weighted by Gasteiger charge is 2.09. The number of nitro groups is 1. The van der Waals surface area contributed by atoms with Crippen molar-refractivity contribution in [3.8, 4) is 0 Å². The van der Waals surface area contributed by atoms with Crippen LogP contribution in [0.4, 0.5) is 11.4 Å². The molecule has 8 heteroatoms. The SMILES string of the molecule is Cc1ccccc1SCC(=O)NCCCNc1ccc([N+](=O)[O-])cc1Cl. The number of rotatable bonds is 9. The third-order valence-corrected chi connectivity index (χ3v) is 5.10. The van der Waals surface area contributed by atoms with Gasteiger partial charge in [-0.3, -0.25) is 14.9 Å². The van der Waals surface area contributed by atoms with Crippen molar-refractivity contribution >= 4 is 40.6 Å². The molecule has 0 spiro atoms. The first-order valence-electron chi connectivity index (χ1n) is 8.10. The van der Waals surface area contributed by atoms with E-state index in [4.69, 9.17) is 11.6 Å². The molecule has 0 aromatic heterocycles. The Hall–Kier alpha value is -2.25. The molecule has 2 N–H and O–H groups in total. The van der Waals surface area contributed by atoms with E-state index in [0.29, 0.717) is 36.0 Å². The van der Waals surface area contributed by atoms with Crippen LogP contribution in [-0.4, -0.2) is 29.7 Å². The molecule has 0 radical (unpaired) electrons. The van der Waals surface area contributed by atoms with Crippen molar-refractivity contribution in [3.63, 3.8) is 0 Å². The molecule has 26 heavy (non-hydrogen) atoms. The predicted octanol–water partition coefficient (Wildman–Crippen LogP) is 4.27. The molecule has 138 valence electrons. The third-order valence-electron chi connectivity index (χ3n) is 3.61. The van der Waals surface area contributed by atoms with Gasteiger partial charge >= 0.3 is 0 Å². The second-order valence-electron chi connectivity index (χ2n) is 5.61. The number of halogens is 1. The lowest BCUT2D eigenvalue weighted by molar-refractivity contribution is -0.384. The van der Waals surface area contributed by atoms with E-state index in [2.05, 4.69) is 10.6 Å².